The molecule has 0 amide bonds. The fourth-order valence-electron chi connectivity index (χ4n) is 8.30. The van der Waals surface area contributed by atoms with Crippen LogP contribution in [0.3, 0.4) is 0 Å². The first-order chi connectivity index (χ1) is 24.8. The molecule has 1 aliphatic heterocycles. The van der Waals surface area contributed by atoms with Crippen molar-refractivity contribution in [3.63, 3.8) is 0 Å². The summed E-state index contributed by atoms with van der Waals surface area (Å²) in [6, 6.07) is 66.3. The smallest absolute Gasteiger partial charge is 0.0637 e. The van der Waals surface area contributed by atoms with E-state index in [0.717, 1.165) is 0 Å². The molecule has 7 aromatic carbocycles. The van der Waals surface area contributed by atoms with Crippen LogP contribution >= 0.6 is 0 Å². The van der Waals surface area contributed by atoms with Crippen molar-refractivity contribution < 1.29 is 0 Å². The third-order valence-corrected chi connectivity index (χ3v) is 10.6. The lowest BCUT2D eigenvalue weighted by molar-refractivity contribution is 0.725. The molecule has 0 bridgehead atoms. The van der Waals surface area contributed by atoms with E-state index in [4.69, 9.17) is 0 Å². The number of nitrogens with zero attached hydrogens (tertiary/aromatic N) is 2. The minimum Gasteiger partial charge on any atom is -0.333 e. The maximum atomic E-state index is 2.54. The van der Waals surface area contributed by atoms with Gasteiger partial charge in [-0.15, -0.1) is 0 Å². The molecule has 10 rings (SSSR count). The van der Waals surface area contributed by atoms with Gasteiger partial charge in [0, 0.05) is 28.4 Å². The molecule has 2 nitrogen and oxygen atoms in total. The molecular formula is C48H34N2. The molecule has 236 valence electrons. The van der Waals surface area contributed by atoms with Gasteiger partial charge in [0.25, 0.3) is 0 Å². The fraction of sp³-hybridized carbons (Fsp3) is 0.0417. The summed E-state index contributed by atoms with van der Waals surface area (Å²) in [5, 5.41) is 1.32. The lowest BCUT2D eigenvalue weighted by Crippen LogP contribution is -2.30. The number of anilines is 2. The van der Waals surface area contributed by atoms with Gasteiger partial charge in [0.05, 0.1) is 17.3 Å². The molecule has 2 aliphatic rings. The molecule has 0 fully saturated rings. The maximum Gasteiger partial charge on any atom is 0.0637 e. The van der Waals surface area contributed by atoms with E-state index in [1.807, 2.05) is 0 Å². The Bertz CT molecular complexity index is 2520. The van der Waals surface area contributed by atoms with Gasteiger partial charge in [0.2, 0.25) is 0 Å². The maximum absolute atomic E-state index is 2.54. The van der Waals surface area contributed by atoms with Crippen LogP contribution < -0.4 is 4.90 Å². The summed E-state index contributed by atoms with van der Waals surface area (Å²) in [5.74, 6) is 0.214. The van der Waals surface area contributed by atoms with Crippen LogP contribution in [0.5, 0.6) is 0 Å². The van der Waals surface area contributed by atoms with E-state index in [9.17, 15) is 0 Å². The highest BCUT2D eigenvalue weighted by molar-refractivity contribution is 5.94. The Labute approximate surface area is 292 Å². The van der Waals surface area contributed by atoms with Crippen molar-refractivity contribution in [1.29, 1.82) is 0 Å². The number of rotatable bonds is 5. The molecule has 0 spiro atoms. The Hall–Kier alpha value is -6.38. The second kappa shape index (κ2) is 11.6. The molecule has 8 aromatic rings. The topological polar surface area (TPSA) is 8.17 Å². The average Bonchev–Trinajstić information content (AvgIpc) is 3.72. The molecule has 0 radical (unpaired) electrons. The largest absolute Gasteiger partial charge is 0.333 e. The second-order valence-corrected chi connectivity index (χ2v) is 13.3. The van der Waals surface area contributed by atoms with Crippen LogP contribution in [0.25, 0.3) is 56.0 Å². The van der Waals surface area contributed by atoms with E-state index in [1.54, 1.807) is 0 Å². The first-order valence-corrected chi connectivity index (χ1v) is 17.4. The Balaban J connectivity index is 1.06. The highest BCUT2D eigenvalue weighted by Gasteiger charge is 2.43. The minimum atomic E-state index is 0.181. The normalized spacial score (nSPS) is 15.9. The summed E-state index contributed by atoms with van der Waals surface area (Å²) in [5.41, 5.74) is 16.3. The van der Waals surface area contributed by atoms with Crippen molar-refractivity contribution in [2.45, 2.75) is 12.0 Å². The lowest BCUT2D eigenvalue weighted by Gasteiger charge is -2.31. The molecule has 2 heterocycles. The Morgan fingerprint density at radius 3 is 1.68 bits per heavy atom. The quantitative estimate of drug-likeness (QED) is 0.182. The number of benzene rings is 7. The summed E-state index contributed by atoms with van der Waals surface area (Å²) in [4.78, 5) is 2.54. The Morgan fingerprint density at radius 2 is 0.960 bits per heavy atom. The van der Waals surface area contributed by atoms with Gasteiger partial charge in [-0.05, 0) is 93.0 Å². The van der Waals surface area contributed by atoms with Crippen molar-refractivity contribution in [1.82, 2.24) is 4.57 Å². The average molecular weight is 639 g/mol. The summed E-state index contributed by atoms with van der Waals surface area (Å²) >= 11 is 0. The van der Waals surface area contributed by atoms with Gasteiger partial charge in [-0.1, -0.05) is 146 Å². The van der Waals surface area contributed by atoms with Gasteiger partial charge < -0.3 is 9.47 Å². The van der Waals surface area contributed by atoms with Gasteiger partial charge >= 0.3 is 0 Å². The number of aromatic nitrogens is 1. The van der Waals surface area contributed by atoms with Crippen molar-refractivity contribution in [2.75, 3.05) is 4.90 Å². The van der Waals surface area contributed by atoms with Crippen molar-refractivity contribution in [3.8, 4) is 39.1 Å². The first-order valence-electron chi connectivity index (χ1n) is 17.4. The van der Waals surface area contributed by atoms with Gasteiger partial charge in [0.1, 0.15) is 0 Å². The molecule has 0 saturated heterocycles. The van der Waals surface area contributed by atoms with Crippen molar-refractivity contribution in [2.24, 2.45) is 0 Å². The van der Waals surface area contributed by atoms with Crippen molar-refractivity contribution in [3.05, 3.63) is 205 Å². The molecule has 2 unspecified atom stereocenters. The molecule has 0 N–H and O–H groups in total. The standard InChI is InChI=1S/C48H34N2/c1-3-12-33(13-4-1)35-22-26-39(27-23-35)49-43-20-9-7-18-41(43)47-45(49)30-31-46-48(47)42-19-8-10-21-44(42)50(46)40-28-24-36(25-29-40)38-17-11-16-37(32-38)34-14-5-2-6-15-34/h1-32,45,47H. The third kappa shape index (κ3) is 4.57. The van der Waals surface area contributed by atoms with Crippen LogP contribution in [0.15, 0.2) is 188 Å². The van der Waals surface area contributed by atoms with E-state index in [-0.39, 0.29) is 12.0 Å². The lowest BCUT2D eigenvalue weighted by atomic mass is 9.82. The van der Waals surface area contributed by atoms with Gasteiger partial charge in [-0.25, -0.2) is 0 Å². The van der Waals surface area contributed by atoms with Crippen LogP contribution in [0, 0.1) is 0 Å². The van der Waals surface area contributed by atoms with Crippen LogP contribution in [-0.2, 0) is 0 Å². The highest BCUT2D eigenvalue weighted by atomic mass is 15.2. The zero-order valence-electron chi connectivity index (χ0n) is 27.5. The fourth-order valence-corrected chi connectivity index (χ4v) is 8.30. The van der Waals surface area contributed by atoms with E-state index >= 15 is 0 Å². The Kier molecular flexibility index (Phi) is 6.67. The summed E-state index contributed by atoms with van der Waals surface area (Å²) in [6.45, 7) is 0. The summed E-state index contributed by atoms with van der Waals surface area (Å²) < 4.78 is 2.46. The summed E-state index contributed by atoms with van der Waals surface area (Å²) in [7, 11) is 0. The highest BCUT2D eigenvalue weighted by Crippen LogP contribution is 2.54. The third-order valence-electron chi connectivity index (χ3n) is 10.6. The number of hydrogen-bond donors (Lipinski definition) is 0. The molecule has 2 heteroatoms. The Morgan fingerprint density at radius 1 is 0.420 bits per heavy atom. The molecule has 0 saturated carbocycles. The molecule has 50 heavy (non-hydrogen) atoms. The zero-order chi connectivity index (χ0) is 33.0. The molecule has 1 aromatic heterocycles. The van der Waals surface area contributed by atoms with Gasteiger partial charge in [-0.2, -0.15) is 0 Å². The predicted octanol–water partition coefficient (Wildman–Crippen LogP) is 12.3. The molecule has 1 aliphatic carbocycles. The van der Waals surface area contributed by atoms with Gasteiger partial charge in [-0.3, -0.25) is 0 Å². The van der Waals surface area contributed by atoms with Crippen LogP contribution in [0.4, 0.5) is 11.4 Å². The number of fused-ring (bicyclic) bond motifs is 7. The molecule has 2 atom stereocenters. The van der Waals surface area contributed by atoms with Gasteiger partial charge in [0.15, 0.2) is 0 Å². The van der Waals surface area contributed by atoms with E-state index in [2.05, 4.69) is 204 Å². The first kappa shape index (κ1) is 28.6. The predicted molar refractivity (Wildman–Crippen MR) is 209 cm³/mol. The number of para-hydroxylation sites is 2. The van der Waals surface area contributed by atoms with E-state index in [1.165, 1.54) is 78.2 Å². The van der Waals surface area contributed by atoms with E-state index in [0.29, 0.717) is 0 Å². The van der Waals surface area contributed by atoms with Crippen molar-refractivity contribution >= 4 is 28.4 Å². The van der Waals surface area contributed by atoms with Crippen LogP contribution in [0.2, 0.25) is 0 Å². The number of hydrogen-bond acceptors (Lipinski definition) is 1. The minimum absolute atomic E-state index is 0.181. The van der Waals surface area contributed by atoms with Crippen LogP contribution in [0.1, 0.15) is 22.7 Å². The van der Waals surface area contributed by atoms with Crippen LogP contribution in [-0.4, -0.2) is 10.6 Å². The zero-order valence-corrected chi connectivity index (χ0v) is 27.5. The molecular weight excluding hydrogens is 605 g/mol. The SMILES string of the molecule is C1=CC2C(c3ccccc3N2c2ccc(-c3ccccc3)cc2)c2c1n(-c1ccc(-c3cccc(-c4ccccc4)c3)cc1)c1ccccc21. The summed E-state index contributed by atoms with van der Waals surface area (Å²) in [6.07, 6.45) is 4.79. The van der Waals surface area contributed by atoms with E-state index < -0.39 is 0 Å². The second-order valence-electron chi connectivity index (χ2n) is 13.3. The monoisotopic (exact) mass is 638 g/mol.